The minimum atomic E-state index is -0.625. The number of hydrogen-bond donors (Lipinski definition) is 2. The van der Waals surface area contributed by atoms with Gasteiger partial charge in [-0.05, 0) is 49.4 Å². The summed E-state index contributed by atoms with van der Waals surface area (Å²) < 4.78 is 0. The maximum Gasteiger partial charge on any atom is 0.240 e. The van der Waals surface area contributed by atoms with Crippen LogP contribution >= 0.6 is 0 Å². The van der Waals surface area contributed by atoms with Gasteiger partial charge in [0.2, 0.25) is 5.91 Å². The van der Waals surface area contributed by atoms with Gasteiger partial charge in [0.05, 0.1) is 5.54 Å². The summed E-state index contributed by atoms with van der Waals surface area (Å²) >= 11 is 0. The first kappa shape index (κ1) is 16.8. The lowest BCUT2D eigenvalue weighted by molar-refractivity contribution is -0.129. The molecule has 2 saturated carbocycles. The summed E-state index contributed by atoms with van der Waals surface area (Å²) in [6.07, 6.45) is 7.62. The number of nitrogens with one attached hydrogen (secondary N) is 1. The summed E-state index contributed by atoms with van der Waals surface area (Å²) in [6, 6.07) is 0.318. The van der Waals surface area contributed by atoms with Gasteiger partial charge < -0.3 is 11.1 Å². The van der Waals surface area contributed by atoms with Crippen LogP contribution in [-0.4, -0.2) is 17.5 Å². The van der Waals surface area contributed by atoms with Crippen LogP contribution in [0.25, 0.3) is 0 Å². The Hall–Kier alpha value is -0.570. The molecule has 0 aromatic rings. The Morgan fingerprint density at radius 2 is 1.90 bits per heavy atom. The maximum absolute atomic E-state index is 12.8. The molecular formula is C18H34N2O. The van der Waals surface area contributed by atoms with E-state index < -0.39 is 5.54 Å². The molecule has 21 heavy (non-hydrogen) atoms. The predicted molar refractivity (Wildman–Crippen MR) is 87.8 cm³/mol. The molecule has 0 aromatic carbocycles. The van der Waals surface area contributed by atoms with Crippen LogP contribution in [-0.2, 0) is 4.79 Å². The van der Waals surface area contributed by atoms with E-state index in [1.807, 2.05) is 0 Å². The second-order valence-electron chi connectivity index (χ2n) is 8.26. The van der Waals surface area contributed by atoms with Gasteiger partial charge in [0.1, 0.15) is 0 Å². The van der Waals surface area contributed by atoms with Gasteiger partial charge in [-0.15, -0.1) is 0 Å². The van der Waals surface area contributed by atoms with Gasteiger partial charge in [-0.2, -0.15) is 0 Å². The number of nitrogens with two attached hydrogens (primary N) is 1. The molecular weight excluding hydrogens is 260 g/mol. The summed E-state index contributed by atoms with van der Waals surface area (Å²) in [4.78, 5) is 12.8. The smallest absolute Gasteiger partial charge is 0.240 e. The van der Waals surface area contributed by atoms with E-state index in [0.29, 0.717) is 29.7 Å². The monoisotopic (exact) mass is 294 g/mol. The molecule has 2 aliphatic rings. The van der Waals surface area contributed by atoms with Crippen LogP contribution in [0.4, 0.5) is 0 Å². The Kier molecular flexibility index (Phi) is 5.34. The Morgan fingerprint density at radius 3 is 2.52 bits per heavy atom. The van der Waals surface area contributed by atoms with Crippen molar-refractivity contribution in [1.29, 1.82) is 0 Å². The lowest BCUT2D eigenvalue weighted by Crippen LogP contribution is -2.59. The zero-order chi connectivity index (χ0) is 15.6. The van der Waals surface area contributed by atoms with Crippen molar-refractivity contribution in [2.24, 2.45) is 29.4 Å². The molecule has 0 aromatic heterocycles. The highest BCUT2D eigenvalue weighted by Gasteiger charge is 2.40. The van der Waals surface area contributed by atoms with Crippen LogP contribution in [0.1, 0.15) is 72.6 Å². The van der Waals surface area contributed by atoms with Gasteiger partial charge in [-0.1, -0.05) is 47.0 Å². The Bertz CT molecular complexity index is 368. The van der Waals surface area contributed by atoms with E-state index in [4.69, 9.17) is 5.73 Å². The number of hydrogen-bond acceptors (Lipinski definition) is 2. The molecule has 5 unspecified atom stereocenters. The summed E-state index contributed by atoms with van der Waals surface area (Å²) in [5, 5.41) is 3.35. The van der Waals surface area contributed by atoms with E-state index in [2.05, 4.69) is 33.0 Å². The molecule has 3 nitrogen and oxygen atoms in total. The number of carbonyl (C=O) groups excluding carboxylic acids is 1. The van der Waals surface area contributed by atoms with Gasteiger partial charge in [-0.3, -0.25) is 4.79 Å². The van der Waals surface area contributed by atoms with Crippen molar-refractivity contribution in [3.8, 4) is 0 Å². The maximum atomic E-state index is 12.8. The molecule has 2 rings (SSSR count). The van der Waals surface area contributed by atoms with Gasteiger partial charge in [0, 0.05) is 6.04 Å². The molecule has 0 heterocycles. The molecule has 0 aliphatic heterocycles. The van der Waals surface area contributed by atoms with Crippen LogP contribution < -0.4 is 11.1 Å². The predicted octanol–water partition coefficient (Wildman–Crippen LogP) is 3.47. The van der Waals surface area contributed by atoms with Crippen LogP contribution in [0.15, 0.2) is 0 Å². The molecule has 0 spiro atoms. The minimum absolute atomic E-state index is 0.110. The summed E-state index contributed by atoms with van der Waals surface area (Å²) in [5.74, 6) is 2.63. The highest BCUT2D eigenvalue weighted by Crippen LogP contribution is 2.35. The fourth-order valence-corrected chi connectivity index (χ4v) is 4.48. The third-order valence-electron chi connectivity index (χ3n) is 5.82. The van der Waals surface area contributed by atoms with Crippen LogP contribution in [0, 0.1) is 23.7 Å². The largest absolute Gasteiger partial charge is 0.351 e. The molecule has 5 atom stereocenters. The van der Waals surface area contributed by atoms with E-state index in [1.54, 1.807) is 0 Å². The lowest BCUT2D eigenvalue weighted by atomic mass is 9.72. The molecule has 2 aliphatic carbocycles. The first-order valence-corrected chi connectivity index (χ1v) is 8.91. The van der Waals surface area contributed by atoms with Crippen molar-refractivity contribution >= 4 is 5.91 Å². The molecule has 0 radical (unpaired) electrons. The molecule has 0 saturated heterocycles. The second-order valence-corrected chi connectivity index (χ2v) is 8.26. The quantitative estimate of drug-likeness (QED) is 0.837. The molecule has 2 fully saturated rings. The zero-order valence-corrected chi connectivity index (χ0v) is 14.3. The third-order valence-corrected chi connectivity index (χ3v) is 5.82. The van der Waals surface area contributed by atoms with E-state index in [1.165, 1.54) is 19.3 Å². The third kappa shape index (κ3) is 4.00. The molecule has 0 bridgehead atoms. The molecule has 3 N–H and O–H groups in total. The van der Waals surface area contributed by atoms with Gasteiger partial charge in [0.25, 0.3) is 0 Å². The summed E-state index contributed by atoms with van der Waals surface area (Å²) in [6.45, 7) is 9.08. The molecule has 3 heteroatoms. The SMILES string of the molecule is CC1CCC(C(C)C)C(NC(=O)C2(N)CCCC(C)C2)C1. The lowest BCUT2D eigenvalue weighted by Gasteiger charge is -2.41. The molecule has 122 valence electrons. The highest BCUT2D eigenvalue weighted by molar-refractivity contribution is 5.86. The van der Waals surface area contributed by atoms with Gasteiger partial charge in [-0.25, -0.2) is 0 Å². The Balaban J connectivity index is 2.02. The van der Waals surface area contributed by atoms with E-state index in [0.717, 1.165) is 25.7 Å². The minimum Gasteiger partial charge on any atom is -0.351 e. The summed E-state index contributed by atoms with van der Waals surface area (Å²) in [7, 11) is 0. The van der Waals surface area contributed by atoms with Crippen LogP contribution in [0.3, 0.4) is 0 Å². The van der Waals surface area contributed by atoms with E-state index in [9.17, 15) is 4.79 Å². The van der Waals surface area contributed by atoms with Crippen LogP contribution in [0.2, 0.25) is 0 Å². The number of carbonyl (C=O) groups is 1. The van der Waals surface area contributed by atoms with Crippen molar-refractivity contribution in [3.05, 3.63) is 0 Å². The number of amides is 1. The average molecular weight is 294 g/mol. The van der Waals surface area contributed by atoms with Crippen molar-refractivity contribution in [2.75, 3.05) is 0 Å². The van der Waals surface area contributed by atoms with Crippen molar-refractivity contribution in [3.63, 3.8) is 0 Å². The number of rotatable bonds is 3. The first-order chi connectivity index (χ1) is 9.82. The van der Waals surface area contributed by atoms with E-state index >= 15 is 0 Å². The summed E-state index contributed by atoms with van der Waals surface area (Å²) in [5.41, 5.74) is 5.83. The Morgan fingerprint density at radius 1 is 1.19 bits per heavy atom. The van der Waals surface area contributed by atoms with Crippen molar-refractivity contribution < 1.29 is 4.79 Å². The van der Waals surface area contributed by atoms with Crippen molar-refractivity contribution in [1.82, 2.24) is 5.32 Å². The molecule has 1 amide bonds. The topological polar surface area (TPSA) is 55.1 Å². The fourth-order valence-electron chi connectivity index (χ4n) is 4.48. The fraction of sp³-hybridized carbons (Fsp3) is 0.944. The van der Waals surface area contributed by atoms with Crippen molar-refractivity contribution in [2.45, 2.75) is 84.2 Å². The van der Waals surface area contributed by atoms with Crippen LogP contribution in [0.5, 0.6) is 0 Å². The standard InChI is InChI=1S/C18H34N2O/c1-12(2)15-8-7-13(3)10-16(15)20-17(21)18(19)9-5-6-14(4)11-18/h12-16H,5-11,19H2,1-4H3,(H,20,21). The Labute approximate surface area is 130 Å². The van der Waals surface area contributed by atoms with Gasteiger partial charge in [0.15, 0.2) is 0 Å². The zero-order valence-electron chi connectivity index (χ0n) is 14.3. The highest BCUT2D eigenvalue weighted by atomic mass is 16.2. The van der Waals surface area contributed by atoms with E-state index in [-0.39, 0.29) is 5.91 Å². The second kappa shape index (κ2) is 6.68. The first-order valence-electron chi connectivity index (χ1n) is 8.91. The normalized spacial score (nSPS) is 41.0. The average Bonchev–Trinajstić information content (AvgIpc) is 2.38. The van der Waals surface area contributed by atoms with Gasteiger partial charge >= 0.3 is 0 Å².